The molecule has 0 radical (unpaired) electrons. The average Bonchev–Trinajstić information content (AvgIpc) is 2.71. The van der Waals surface area contributed by atoms with Gasteiger partial charge >= 0.3 is 0 Å². The smallest absolute Gasteiger partial charge is 0.287 e. The van der Waals surface area contributed by atoms with Crippen LogP contribution in [0.5, 0.6) is 0 Å². The lowest BCUT2D eigenvalue weighted by Gasteiger charge is -2.31. The summed E-state index contributed by atoms with van der Waals surface area (Å²) in [5.74, 6) is -6.06. The van der Waals surface area contributed by atoms with Crippen molar-refractivity contribution in [2.75, 3.05) is 31.6 Å². The van der Waals surface area contributed by atoms with Gasteiger partial charge in [0.25, 0.3) is 11.8 Å². The number of nitrogens with zero attached hydrogens (tertiary/aromatic N) is 1. The number of carbonyl (C=O) groups excluding carboxylic acids is 2. The van der Waals surface area contributed by atoms with Crippen molar-refractivity contribution < 1.29 is 37.8 Å². The van der Waals surface area contributed by atoms with Crippen LogP contribution in [0.3, 0.4) is 0 Å². The van der Waals surface area contributed by atoms with E-state index in [1.807, 2.05) is 22.6 Å². The Labute approximate surface area is 194 Å². The molecule has 2 aromatic rings. The molecule has 0 saturated carbocycles. The lowest BCUT2D eigenvalue weighted by Crippen LogP contribution is -2.53. The monoisotopic (exact) mass is 565 g/mol. The Morgan fingerprint density at radius 1 is 1.22 bits per heavy atom. The number of benzene rings is 2. The SMILES string of the molecule is O=C(c1ccc(F)c(F)c1Nc1ccc(I)cc1F)N(OCC(O)CO)C(=O)C1CNC1. The highest BCUT2D eigenvalue weighted by molar-refractivity contribution is 14.1. The predicted octanol–water partition coefficient (Wildman–Crippen LogP) is 1.93. The van der Waals surface area contributed by atoms with E-state index in [9.17, 15) is 27.9 Å². The Kier molecular flexibility index (Phi) is 8.05. The van der Waals surface area contributed by atoms with Crippen molar-refractivity contribution in [3.8, 4) is 0 Å². The van der Waals surface area contributed by atoms with Crippen LogP contribution in [0.2, 0.25) is 0 Å². The number of imide groups is 1. The van der Waals surface area contributed by atoms with Gasteiger partial charge in [-0.1, -0.05) is 0 Å². The van der Waals surface area contributed by atoms with Crippen molar-refractivity contribution in [2.24, 2.45) is 5.92 Å². The molecule has 0 bridgehead atoms. The number of anilines is 2. The van der Waals surface area contributed by atoms with Crippen LogP contribution in [-0.4, -0.2) is 59.5 Å². The van der Waals surface area contributed by atoms with E-state index in [-0.39, 0.29) is 18.8 Å². The second-order valence-electron chi connectivity index (χ2n) is 6.96. The third kappa shape index (κ3) is 5.38. The molecule has 1 unspecified atom stereocenters. The molecule has 1 heterocycles. The van der Waals surface area contributed by atoms with E-state index in [4.69, 9.17) is 9.94 Å². The number of amides is 2. The fraction of sp³-hybridized carbons (Fsp3) is 0.300. The maximum atomic E-state index is 14.6. The molecule has 32 heavy (non-hydrogen) atoms. The average molecular weight is 565 g/mol. The number of nitrogens with one attached hydrogen (secondary N) is 2. The summed E-state index contributed by atoms with van der Waals surface area (Å²) in [4.78, 5) is 31.0. The molecule has 1 fully saturated rings. The summed E-state index contributed by atoms with van der Waals surface area (Å²) in [6, 6.07) is 5.57. The van der Waals surface area contributed by atoms with E-state index in [0.29, 0.717) is 14.7 Å². The van der Waals surface area contributed by atoms with Crippen LogP contribution >= 0.6 is 22.6 Å². The van der Waals surface area contributed by atoms with Gasteiger partial charge in [-0.05, 0) is 52.9 Å². The van der Waals surface area contributed by atoms with Crippen molar-refractivity contribution in [2.45, 2.75) is 6.10 Å². The van der Waals surface area contributed by atoms with E-state index in [1.165, 1.54) is 12.1 Å². The summed E-state index contributed by atoms with van der Waals surface area (Å²) in [6.07, 6.45) is -1.39. The standard InChI is InChI=1S/C20H19F3IN3O5/c21-14-3-2-13(18(17(14)23)26-16-4-1-11(24)5-15(16)22)20(31)27(32-9-12(29)8-28)19(30)10-6-25-7-10/h1-5,10,12,25-26,28-29H,6-9H2. The zero-order valence-electron chi connectivity index (χ0n) is 16.4. The van der Waals surface area contributed by atoms with Gasteiger partial charge < -0.3 is 20.8 Å². The van der Waals surface area contributed by atoms with Crippen LogP contribution in [0.4, 0.5) is 24.5 Å². The molecule has 0 aromatic heterocycles. The number of carbonyl (C=O) groups is 2. The molecular weight excluding hydrogens is 546 g/mol. The summed E-state index contributed by atoms with van der Waals surface area (Å²) < 4.78 is 43.4. The number of hydrogen-bond acceptors (Lipinski definition) is 7. The first kappa shape index (κ1) is 24.4. The maximum absolute atomic E-state index is 14.6. The minimum absolute atomic E-state index is 0.221. The number of hydroxylamine groups is 2. The van der Waals surface area contributed by atoms with Gasteiger partial charge in [0.15, 0.2) is 11.6 Å². The lowest BCUT2D eigenvalue weighted by molar-refractivity contribution is -0.184. The van der Waals surface area contributed by atoms with Crippen molar-refractivity contribution >= 4 is 45.8 Å². The Morgan fingerprint density at radius 2 is 1.94 bits per heavy atom. The third-order valence-electron chi connectivity index (χ3n) is 4.64. The zero-order valence-corrected chi connectivity index (χ0v) is 18.6. The van der Waals surface area contributed by atoms with Crippen molar-refractivity contribution in [3.63, 3.8) is 0 Å². The third-order valence-corrected chi connectivity index (χ3v) is 5.31. The highest BCUT2D eigenvalue weighted by Gasteiger charge is 2.36. The molecule has 1 aliphatic heterocycles. The molecule has 3 rings (SSSR count). The van der Waals surface area contributed by atoms with Crippen LogP contribution in [0.1, 0.15) is 10.4 Å². The van der Waals surface area contributed by atoms with Gasteiger partial charge in [-0.3, -0.25) is 14.4 Å². The molecule has 8 nitrogen and oxygen atoms in total. The minimum Gasteiger partial charge on any atom is -0.394 e. The molecule has 2 amide bonds. The summed E-state index contributed by atoms with van der Waals surface area (Å²) >= 11 is 1.87. The highest BCUT2D eigenvalue weighted by atomic mass is 127. The summed E-state index contributed by atoms with van der Waals surface area (Å²) in [6.45, 7) is -0.756. The van der Waals surface area contributed by atoms with Crippen LogP contribution in [-0.2, 0) is 9.63 Å². The highest BCUT2D eigenvalue weighted by Crippen LogP contribution is 2.30. The van der Waals surface area contributed by atoms with Gasteiger partial charge in [0.2, 0.25) is 0 Å². The van der Waals surface area contributed by atoms with Gasteiger partial charge in [-0.25, -0.2) is 13.2 Å². The second-order valence-corrected chi connectivity index (χ2v) is 8.20. The Balaban J connectivity index is 1.98. The van der Waals surface area contributed by atoms with E-state index in [2.05, 4.69) is 10.6 Å². The van der Waals surface area contributed by atoms with E-state index in [1.54, 1.807) is 0 Å². The number of halogens is 4. The van der Waals surface area contributed by atoms with Gasteiger partial charge in [0.05, 0.1) is 29.5 Å². The first-order valence-corrected chi connectivity index (χ1v) is 10.5. The molecule has 4 N–H and O–H groups in total. The summed E-state index contributed by atoms with van der Waals surface area (Å²) in [5.41, 5.74) is -1.41. The fourth-order valence-electron chi connectivity index (χ4n) is 2.75. The number of aliphatic hydroxyl groups excluding tert-OH is 2. The Bertz CT molecular complexity index is 1020. The molecule has 1 aliphatic rings. The molecule has 1 atom stereocenters. The first-order chi connectivity index (χ1) is 15.2. The van der Waals surface area contributed by atoms with Crippen molar-refractivity contribution in [1.29, 1.82) is 0 Å². The van der Waals surface area contributed by atoms with E-state index < -0.39 is 65.8 Å². The molecule has 0 spiro atoms. The fourth-order valence-corrected chi connectivity index (χ4v) is 3.20. The zero-order chi connectivity index (χ0) is 23.4. The molecule has 172 valence electrons. The van der Waals surface area contributed by atoms with Gasteiger partial charge in [-0.2, -0.15) is 0 Å². The summed E-state index contributed by atoms with van der Waals surface area (Å²) in [5, 5.41) is 24.1. The van der Waals surface area contributed by atoms with Crippen LogP contribution in [0.25, 0.3) is 0 Å². The predicted molar refractivity (Wildman–Crippen MR) is 115 cm³/mol. The van der Waals surface area contributed by atoms with Gasteiger partial charge in [0.1, 0.15) is 18.5 Å². The Hall–Kier alpha value is -2.26. The minimum atomic E-state index is -1.46. The van der Waals surface area contributed by atoms with Crippen LogP contribution < -0.4 is 10.6 Å². The molecule has 2 aromatic carbocycles. The largest absolute Gasteiger partial charge is 0.394 e. The van der Waals surface area contributed by atoms with Crippen molar-refractivity contribution in [3.05, 3.63) is 56.9 Å². The Morgan fingerprint density at radius 3 is 2.53 bits per heavy atom. The van der Waals surface area contributed by atoms with Gasteiger partial charge in [0, 0.05) is 16.7 Å². The molecular formula is C20H19F3IN3O5. The van der Waals surface area contributed by atoms with Gasteiger partial charge in [-0.15, -0.1) is 5.06 Å². The first-order valence-electron chi connectivity index (χ1n) is 9.43. The quantitative estimate of drug-likeness (QED) is 0.220. The van der Waals surface area contributed by atoms with Crippen LogP contribution in [0, 0.1) is 26.9 Å². The molecule has 1 saturated heterocycles. The normalized spacial score (nSPS) is 14.6. The van der Waals surface area contributed by atoms with E-state index in [0.717, 1.165) is 12.1 Å². The second kappa shape index (κ2) is 10.6. The molecule has 0 aliphatic carbocycles. The topological polar surface area (TPSA) is 111 Å². The molecule has 12 heteroatoms. The number of aliphatic hydroxyl groups is 2. The number of hydrogen-bond donors (Lipinski definition) is 4. The van der Waals surface area contributed by atoms with Crippen molar-refractivity contribution in [1.82, 2.24) is 10.4 Å². The maximum Gasteiger partial charge on any atom is 0.287 e. The van der Waals surface area contributed by atoms with E-state index >= 15 is 0 Å². The number of rotatable bonds is 8. The van der Waals surface area contributed by atoms with Crippen LogP contribution in [0.15, 0.2) is 30.3 Å². The summed E-state index contributed by atoms with van der Waals surface area (Å²) in [7, 11) is 0. The lowest BCUT2D eigenvalue weighted by atomic mass is 10.0.